The molecule has 0 spiro atoms. The van der Waals surface area contributed by atoms with Gasteiger partial charge in [-0.2, -0.15) is 5.10 Å². The Labute approximate surface area is 111 Å². The summed E-state index contributed by atoms with van der Waals surface area (Å²) >= 11 is 0. The van der Waals surface area contributed by atoms with Gasteiger partial charge in [-0.15, -0.1) is 0 Å². The van der Waals surface area contributed by atoms with Crippen LogP contribution in [-0.4, -0.2) is 31.7 Å². The van der Waals surface area contributed by atoms with E-state index in [9.17, 15) is 4.79 Å². The highest BCUT2D eigenvalue weighted by Gasteiger charge is 2.20. The molecule has 104 valence electrons. The number of aromatic amines is 1. The monoisotopic (exact) mass is 264 g/mol. The van der Waals surface area contributed by atoms with Gasteiger partial charge in [0, 0.05) is 18.2 Å². The third-order valence-corrected chi connectivity index (χ3v) is 3.60. The van der Waals surface area contributed by atoms with Crippen LogP contribution in [0.1, 0.15) is 32.5 Å². The number of H-pyrrole nitrogens is 1. The molecule has 2 heterocycles. The lowest BCUT2D eigenvalue weighted by atomic mass is 9.94. The maximum absolute atomic E-state index is 11.5. The van der Waals surface area contributed by atoms with Crippen molar-refractivity contribution in [2.75, 3.05) is 11.9 Å². The topological polar surface area (TPSA) is 101 Å². The predicted molar refractivity (Wildman–Crippen MR) is 74.3 cm³/mol. The highest BCUT2D eigenvalue weighted by Crippen LogP contribution is 2.14. The van der Waals surface area contributed by atoms with Crippen LogP contribution in [0.2, 0.25) is 0 Å². The van der Waals surface area contributed by atoms with E-state index in [1.54, 1.807) is 13.0 Å². The van der Waals surface area contributed by atoms with Gasteiger partial charge in [0.05, 0.1) is 0 Å². The largest absolute Gasteiger partial charge is 0.368 e. The molecule has 0 aliphatic carbocycles. The second-order valence-corrected chi connectivity index (χ2v) is 4.83. The van der Waals surface area contributed by atoms with E-state index in [1.807, 2.05) is 0 Å². The van der Waals surface area contributed by atoms with E-state index in [0.29, 0.717) is 23.8 Å². The Morgan fingerprint density at radius 2 is 2.16 bits per heavy atom. The molecule has 7 nitrogen and oxygen atoms in total. The first-order valence-corrected chi connectivity index (χ1v) is 6.46. The molecule has 0 saturated carbocycles. The molecule has 2 aromatic rings. The fourth-order valence-electron chi connectivity index (χ4n) is 1.95. The van der Waals surface area contributed by atoms with Crippen molar-refractivity contribution in [3.8, 4) is 0 Å². The van der Waals surface area contributed by atoms with Crippen LogP contribution in [0.5, 0.6) is 0 Å². The summed E-state index contributed by atoms with van der Waals surface area (Å²) in [6.07, 6.45) is 1.78. The van der Waals surface area contributed by atoms with Crippen molar-refractivity contribution in [1.29, 1.82) is 0 Å². The van der Waals surface area contributed by atoms with Crippen LogP contribution < -0.4 is 16.7 Å². The number of rotatable bonds is 5. The number of hydrogen-bond acceptors (Lipinski definition) is 5. The van der Waals surface area contributed by atoms with Crippen molar-refractivity contribution in [3.05, 3.63) is 22.4 Å². The molecule has 0 amide bonds. The maximum atomic E-state index is 11.5. The molecule has 0 bridgehead atoms. The molecule has 0 unspecified atom stereocenters. The SMILES string of the molecule is CCC(N)(CC)CNc1cc2n[nH]c(=O)n2c(C)n1. The number of aryl methyl sites for hydroxylation is 1. The van der Waals surface area contributed by atoms with Gasteiger partial charge in [0.15, 0.2) is 5.65 Å². The minimum absolute atomic E-state index is 0.243. The van der Waals surface area contributed by atoms with Crippen molar-refractivity contribution in [2.45, 2.75) is 39.2 Å². The zero-order chi connectivity index (χ0) is 14.0. The molecule has 0 fully saturated rings. The standard InChI is InChI=1S/C12H20N6O/c1-4-12(13,5-2)7-14-9-6-10-16-17-11(19)18(10)8(3)15-9/h6,14H,4-5,7,13H2,1-3H3,(H,17,19). The van der Waals surface area contributed by atoms with Crippen LogP contribution in [0.15, 0.2) is 10.9 Å². The molecule has 0 saturated heterocycles. The van der Waals surface area contributed by atoms with E-state index in [-0.39, 0.29) is 11.2 Å². The molecule has 7 heteroatoms. The second-order valence-electron chi connectivity index (χ2n) is 4.83. The molecule has 0 aliphatic heterocycles. The molecule has 2 aromatic heterocycles. The van der Waals surface area contributed by atoms with Crippen molar-refractivity contribution in [2.24, 2.45) is 5.73 Å². The molecule has 0 aliphatic rings. The summed E-state index contributed by atoms with van der Waals surface area (Å²) in [5.74, 6) is 1.27. The van der Waals surface area contributed by atoms with Crippen molar-refractivity contribution in [3.63, 3.8) is 0 Å². The van der Waals surface area contributed by atoms with Crippen LogP contribution in [0.4, 0.5) is 5.82 Å². The fraction of sp³-hybridized carbons (Fsp3) is 0.583. The molecule has 2 rings (SSSR count). The van der Waals surface area contributed by atoms with Gasteiger partial charge in [-0.1, -0.05) is 13.8 Å². The Morgan fingerprint density at radius 3 is 2.79 bits per heavy atom. The Balaban J connectivity index is 2.25. The fourth-order valence-corrected chi connectivity index (χ4v) is 1.95. The number of anilines is 1. The molecule has 0 radical (unpaired) electrons. The van der Waals surface area contributed by atoms with E-state index < -0.39 is 0 Å². The second kappa shape index (κ2) is 5.00. The summed E-state index contributed by atoms with van der Waals surface area (Å²) < 4.78 is 1.43. The first-order valence-electron chi connectivity index (χ1n) is 6.46. The Morgan fingerprint density at radius 1 is 1.47 bits per heavy atom. The van der Waals surface area contributed by atoms with Crippen LogP contribution >= 0.6 is 0 Å². The first kappa shape index (κ1) is 13.5. The van der Waals surface area contributed by atoms with E-state index in [1.165, 1.54) is 4.40 Å². The Kier molecular flexibility index (Phi) is 3.57. The summed E-state index contributed by atoms with van der Waals surface area (Å²) in [6, 6.07) is 1.73. The van der Waals surface area contributed by atoms with Crippen LogP contribution in [-0.2, 0) is 0 Å². The number of nitrogens with two attached hydrogens (primary N) is 1. The lowest BCUT2D eigenvalue weighted by Gasteiger charge is -2.27. The van der Waals surface area contributed by atoms with Crippen LogP contribution in [0.25, 0.3) is 5.65 Å². The average molecular weight is 264 g/mol. The molecule has 0 atom stereocenters. The first-order chi connectivity index (χ1) is 8.99. The van der Waals surface area contributed by atoms with E-state index in [0.717, 1.165) is 12.8 Å². The number of hydrogen-bond donors (Lipinski definition) is 3. The van der Waals surface area contributed by atoms with Gasteiger partial charge in [-0.3, -0.25) is 0 Å². The minimum atomic E-state index is -0.276. The third-order valence-electron chi connectivity index (χ3n) is 3.60. The van der Waals surface area contributed by atoms with Gasteiger partial charge in [-0.25, -0.2) is 19.3 Å². The van der Waals surface area contributed by atoms with Crippen LogP contribution in [0, 0.1) is 6.92 Å². The molecule has 4 N–H and O–H groups in total. The molecule has 0 aromatic carbocycles. The lowest BCUT2D eigenvalue weighted by Crippen LogP contribution is -2.45. The summed E-state index contributed by atoms with van der Waals surface area (Å²) in [4.78, 5) is 15.8. The number of nitrogens with zero attached hydrogens (tertiary/aromatic N) is 3. The van der Waals surface area contributed by atoms with Gasteiger partial charge in [0.1, 0.15) is 11.6 Å². The Bertz CT molecular complexity index is 625. The third kappa shape index (κ3) is 2.60. The highest BCUT2D eigenvalue weighted by molar-refractivity contribution is 5.49. The summed E-state index contributed by atoms with van der Waals surface area (Å²) in [5, 5.41) is 9.57. The van der Waals surface area contributed by atoms with Crippen molar-refractivity contribution >= 4 is 11.5 Å². The zero-order valence-electron chi connectivity index (χ0n) is 11.5. The molecular weight excluding hydrogens is 244 g/mol. The highest BCUT2D eigenvalue weighted by atomic mass is 16.1. The Hall–Kier alpha value is -1.89. The van der Waals surface area contributed by atoms with Crippen molar-refractivity contribution < 1.29 is 0 Å². The quantitative estimate of drug-likeness (QED) is 0.736. The van der Waals surface area contributed by atoms with Gasteiger partial charge in [0.25, 0.3) is 0 Å². The summed E-state index contributed by atoms with van der Waals surface area (Å²) in [5.41, 5.74) is 6.26. The van der Waals surface area contributed by atoms with Gasteiger partial charge in [-0.05, 0) is 19.8 Å². The number of nitrogens with one attached hydrogen (secondary N) is 2. The minimum Gasteiger partial charge on any atom is -0.368 e. The normalized spacial score (nSPS) is 12.0. The average Bonchev–Trinajstić information content (AvgIpc) is 2.78. The molecular formula is C12H20N6O. The molecule has 19 heavy (non-hydrogen) atoms. The van der Waals surface area contributed by atoms with Gasteiger partial charge in [0.2, 0.25) is 0 Å². The van der Waals surface area contributed by atoms with Gasteiger partial charge < -0.3 is 11.1 Å². The predicted octanol–water partition coefficient (Wildman–Crippen LogP) is 0.655. The van der Waals surface area contributed by atoms with E-state index in [2.05, 4.69) is 34.3 Å². The summed E-state index contributed by atoms with van der Waals surface area (Å²) in [6.45, 7) is 6.54. The number of aromatic nitrogens is 4. The maximum Gasteiger partial charge on any atom is 0.349 e. The van der Waals surface area contributed by atoms with E-state index in [4.69, 9.17) is 5.73 Å². The zero-order valence-corrected chi connectivity index (χ0v) is 11.5. The summed E-state index contributed by atoms with van der Waals surface area (Å²) in [7, 11) is 0. The lowest BCUT2D eigenvalue weighted by molar-refractivity contribution is 0.418. The van der Waals surface area contributed by atoms with Gasteiger partial charge >= 0.3 is 5.69 Å². The van der Waals surface area contributed by atoms with E-state index >= 15 is 0 Å². The number of fused-ring (bicyclic) bond motifs is 1. The van der Waals surface area contributed by atoms with Crippen LogP contribution in [0.3, 0.4) is 0 Å². The smallest absolute Gasteiger partial charge is 0.349 e. The van der Waals surface area contributed by atoms with Crippen molar-refractivity contribution in [1.82, 2.24) is 19.6 Å².